The van der Waals surface area contributed by atoms with Crippen molar-refractivity contribution in [2.45, 2.75) is 72.8 Å². The molecule has 2 heterocycles. The summed E-state index contributed by atoms with van der Waals surface area (Å²) in [7, 11) is 0. The number of amides is 2. The Labute approximate surface area is 358 Å². The van der Waals surface area contributed by atoms with Crippen LogP contribution >= 0.6 is 12.4 Å². The number of benzene rings is 4. The first kappa shape index (κ1) is 46.8. The number of aromatic nitrogens is 2. The molecule has 320 valence electrons. The van der Waals surface area contributed by atoms with Crippen molar-refractivity contribution < 1.29 is 48.1 Å². The van der Waals surface area contributed by atoms with Crippen LogP contribution < -0.4 is 20.9 Å². The van der Waals surface area contributed by atoms with Gasteiger partial charge in [-0.3, -0.25) is 19.2 Å². The van der Waals surface area contributed by atoms with Gasteiger partial charge in [0.1, 0.15) is 11.5 Å². The molecular formula is C46H49ClN4O10. The van der Waals surface area contributed by atoms with Crippen LogP contribution in [0.3, 0.4) is 0 Å². The van der Waals surface area contributed by atoms with Crippen LogP contribution in [0.1, 0.15) is 76.8 Å². The van der Waals surface area contributed by atoms with Gasteiger partial charge in [-0.2, -0.15) is 0 Å². The molecule has 0 saturated heterocycles. The Hall–Kier alpha value is -6.93. The Kier molecular flexibility index (Phi) is 16.0. The molecule has 5 N–H and O–H groups in total. The van der Waals surface area contributed by atoms with E-state index in [0.717, 1.165) is 11.1 Å². The number of hydrogen-bond acceptors (Lipinski definition) is 9. The summed E-state index contributed by atoms with van der Waals surface area (Å²) in [4.78, 5) is 72.6. The number of carbonyl (C=O) groups excluding carboxylic acids is 5. The number of hydrogen-bond donors (Lipinski definition) is 3. The van der Waals surface area contributed by atoms with Crippen LogP contribution in [0.25, 0.3) is 21.8 Å². The van der Waals surface area contributed by atoms with Crippen molar-refractivity contribution in [2.75, 3.05) is 6.61 Å². The van der Waals surface area contributed by atoms with E-state index in [0.29, 0.717) is 58.5 Å². The van der Waals surface area contributed by atoms with Crippen LogP contribution in [0.2, 0.25) is 0 Å². The van der Waals surface area contributed by atoms with Crippen LogP contribution in [0.15, 0.2) is 97.1 Å². The van der Waals surface area contributed by atoms with Crippen molar-refractivity contribution in [3.8, 4) is 11.5 Å². The number of Topliss-reactive ketones (excluding diaryl/α,β-unsaturated/α-hetero) is 2. The summed E-state index contributed by atoms with van der Waals surface area (Å²) in [6.07, 6.45) is -1.28. The highest BCUT2D eigenvalue weighted by Crippen LogP contribution is 2.37. The zero-order valence-electron chi connectivity index (χ0n) is 34.5. The second-order valence-corrected chi connectivity index (χ2v) is 13.9. The highest BCUT2D eigenvalue weighted by molar-refractivity contribution is 6.45. The zero-order valence-corrected chi connectivity index (χ0v) is 35.3. The fourth-order valence-corrected chi connectivity index (χ4v) is 7.07. The number of ketones is 2. The molecule has 0 saturated carbocycles. The molecule has 61 heavy (non-hydrogen) atoms. The van der Waals surface area contributed by atoms with Crippen molar-refractivity contribution in [2.24, 2.45) is 11.5 Å². The third-order valence-corrected chi connectivity index (χ3v) is 10.00. The van der Waals surface area contributed by atoms with E-state index in [4.69, 9.17) is 25.7 Å². The Morgan fingerprint density at radius 1 is 0.590 bits per heavy atom. The number of carboxylic acids is 1. The minimum Gasteiger partial charge on any atom is -0.479 e. The summed E-state index contributed by atoms with van der Waals surface area (Å²) >= 11 is 0. The number of nitrogens with two attached hydrogens (primary N) is 2. The average molecular weight is 853 g/mol. The van der Waals surface area contributed by atoms with Crippen molar-refractivity contribution in [3.63, 3.8) is 0 Å². The molecule has 6 aromatic rings. The lowest BCUT2D eigenvalue weighted by Crippen LogP contribution is -2.29. The second-order valence-electron chi connectivity index (χ2n) is 13.9. The molecule has 0 bridgehead atoms. The highest BCUT2D eigenvalue weighted by Gasteiger charge is 2.30. The van der Waals surface area contributed by atoms with Crippen molar-refractivity contribution in [1.82, 2.24) is 9.13 Å². The number of halogens is 1. The van der Waals surface area contributed by atoms with E-state index in [9.17, 15) is 33.9 Å². The predicted molar refractivity (Wildman–Crippen MR) is 232 cm³/mol. The van der Waals surface area contributed by atoms with Crippen LogP contribution in [-0.2, 0) is 37.0 Å². The molecule has 2 aromatic heterocycles. The van der Waals surface area contributed by atoms with E-state index >= 15 is 0 Å². The second kappa shape index (κ2) is 20.9. The Morgan fingerprint density at radius 3 is 1.33 bits per heavy atom. The van der Waals surface area contributed by atoms with Gasteiger partial charge < -0.3 is 39.9 Å². The number of nitrogens with zero attached hydrogens (tertiary/aromatic N) is 2. The SMILES string of the molecule is CCC(Oc1cccc2c1c(C(=O)C(N)=O)c(C)n2Cc1ccccc1)C(=O)O.CCOC(=O)C(CC)Oc1cccc2c1c(C(=O)C(N)=O)c(C)n2Cc1ccccc1.Cl. The Balaban J connectivity index is 0.000000265. The van der Waals surface area contributed by atoms with Gasteiger partial charge in [-0.05, 0) is 69.0 Å². The van der Waals surface area contributed by atoms with E-state index in [1.807, 2.05) is 82.8 Å². The van der Waals surface area contributed by atoms with Gasteiger partial charge in [0.15, 0.2) is 12.2 Å². The lowest BCUT2D eigenvalue weighted by atomic mass is 10.1. The first-order valence-electron chi connectivity index (χ1n) is 19.5. The molecule has 6 rings (SSSR count). The standard InChI is InChI=1S/C24H26N2O5.C22H22N2O5.ClH/c1-4-18(24(29)30-5-2)31-19-13-9-12-17-21(19)20(22(27)23(25)28)15(3)26(17)14-16-10-7-6-8-11-16;1-3-16(22(27)28)29-17-11-7-10-15-19(17)18(20(25)21(23)26)13(2)24(15)12-14-8-5-4-6-9-14;/h6-13,18H,4-5,14H2,1-3H3,(H2,25,28);4-11,16H,3,12H2,1-2H3,(H2,23,26)(H,27,28);1H. The van der Waals surface area contributed by atoms with Crippen molar-refractivity contribution in [3.05, 3.63) is 131 Å². The largest absolute Gasteiger partial charge is 0.479 e. The summed E-state index contributed by atoms with van der Waals surface area (Å²) in [5.74, 6) is -4.78. The van der Waals surface area contributed by atoms with E-state index in [1.165, 1.54) is 0 Å². The topological polar surface area (TPSA) is 212 Å². The molecule has 15 heteroatoms. The Bertz CT molecular complexity index is 2570. The molecule has 0 fully saturated rings. The quantitative estimate of drug-likeness (QED) is 0.0501. The van der Waals surface area contributed by atoms with E-state index < -0.39 is 47.5 Å². The fraction of sp³-hybridized carbons (Fsp3) is 0.261. The van der Waals surface area contributed by atoms with Crippen LogP contribution in [-0.4, -0.2) is 68.4 Å². The van der Waals surface area contributed by atoms with Gasteiger partial charge in [-0.15, -0.1) is 12.4 Å². The number of carboxylic acid groups (broad SMARTS) is 1. The maximum atomic E-state index is 12.8. The minimum absolute atomic E-state index is 0. The lowest BCUT2D eigenvalue weighted by molar-refractivity contribution is -0.151. The normalized spacial score (nSPS) is 11.7. The van der Waals surface area contributed by atoms with Crippen LogP contribution in [0, 0.1) is 13.8 Å². The number of carbonyl (C=O) groups is 6. The minimum atomic E-state index is -1.10. The maximum Gasteiger partial charge on any atom is 0.347 e. The molecule has 0 spiro atoms. The molecule has 14 nitrogen and oxygen atoms in total. The van der Waals surface area contributed by atoms with Gasteiger partial charge >= 0.3 is 11.9 Å². The van der Waals surface area contributed by atoms with E-state index in [2.05, 4.69) is 0 Å². The Morgan fingerprint density at radius 2 is 0.984 bits per heavy atom. The molecule has 0 radical (unpaired) electrons. The van der Waals surface area contributed by atoms with Gasteiger partial charge in [-0.25, -0.2) is 9.59 Å². The predicted octanol–water partition coefficient (Wildman–Crippen LogP) is 6.72. The van der Waals surface area contributed by atoms with Gasteiger partial charge in [0.05, 0.1) is 39.5 Å². The fourth-order valence-electron chi connectivity index (χ4n) is 7.07. The first-order valence-corrected chi connectivity index (χ1v) is 19.5. The lowest BCUT2D eigenvalue weighted by Gasteiger charge is -2.17. The molecule has 0 aliphatic rings. The highest BCUT2D eigenvalue weighted by atomic mass is 35.5. The monoisotopic (exact) mass is 852 g/mol. The van der Waals surface area contributed by atoms with Crippen molar-refractivity contribution >= 4 is 69.5 Å². The van der Waals surface area contributed by atoms with Crippen molar-refractivity contribution in [1.29, 1.82) is 0 Å². The van der Waals surface area contributed by atoms with E-state index in [-0.39, 0.29) is 42.3 Å². The van der Waals surface area contributed by atoms with Gasteiger partial charge in [0.2, 0.25) is 0 Å². The molecule has 0 aliphatic heterocycles. The van der Waals surface area contributed by atoms with Gasteiger partial charge in [-0.1, -0.05) is 86.6 Å². The number of ether oxygens (including phenoxy) is 3. The summed E-state index contributed by atoms with van der Waals surface area (Å²) in [5.41, 5.74) is 15.5. The van der Waals surface area contributed by atoms with Gasteiger partial charge in [0, 0.05) is 24.5 Å². The number of esters is 1. The number of fused-ring (bicyclic) bond motifs is 2. The van der Waals surface area contributed by atoms with Crippen LogP contribution in [0.4, 0.5) is 0 Å². The number of aliphatic carboxylic acids is 1. The zero-order chi connectivity index (χ0) is 43.7. The number of primary amides is 2. The summed E-state index contributed by atoms with van der Waals surface area (Å²) in [6, 6.07) is 29.9. The van der Waals surface area contributed by atoms with E-state index in [1.54, 1.807) is 58.0 Å². The summed E-state index contributed by atoms with van der Waals surface area (Å²) < 4.78 is 20.6. The summed E-state index contributed by atoms with van der Waals surface area (Å²) in [6.45, 7) is 9.93. The molecule has 2 atom stereocenters. The molecule has 2 amide bonds. The third-order valence-electron chi connectivity index (χ3n) is 10.00. The molecule has 4 aromatic carbocycles. The molecule has 2 unspecified atom stereocenters. The first-order chi connectivity index (χ1) is 28.7. The smallest absolute Gasteiger partial charge is 0.347 e. The van der Waals surface area contributed by atoms with Gasteiger partial charge in [0.25, 0.3) is 23.4 Å². The third kappa shape index (κ3) is 10.3. The summed E-state index contributed by atoms with van der Waals surface area (Å²) in [5, 5.41) is 10.2. The molecule has 0 aliphatic carbocycles. The maximum absolute atomic E-state index is 12.8. The molecular weight excluding hydrogens is 804 g/mol. The number of rotatable bonds is 17. The van der Waals surface area contributed by atoms with Crippen LogP contribution in [0.5, 0.6) is 11.5 Å². The average Bonchev–Trinajstić information content (AvgIpc) is 3.68.